The number of ether oxygens (including phenoxy) is 3. The fourth-order valence-electron chi connectivity index (χ4n) is 8.08. The molecule has 0 N–H and O–H groups in total. The van der Waals surface area contributed by atoms with Crippen molar-refractivity contribution in [2.75, 3.05) is 13.2 Å². The molecular weight excluding hydrogens is 877 g/mol. The molecule has 0 saturated heterocycles. The first-order chi connectivity index (χ1) is 35.0. The predicted octanol–water partition coefficient (Wildman–Crippen LogP) is 20.1. The van der Waals surface area contributed by atoms with Crippen molar-refractivity contribution < 1.29 is 28.6 Å². The Morgan fingerprint density at radius 3 is 0.901 bits per heavy atom. The van der Waals surface area contributed by atoms with E-state index in [4.69, 9.17) is 14.2 Å². The van der Waals surface area contributed by atoms with Crippen LogP contribution in [-0.2, 0) is 28.6 Å². The SMILES string of the molecule is CC/C=C\C/C=C\C/C=C\C/C=C\C/C=C\C/C=C\CCCCC(=O)OCC(COC(=O)CCCCCCC/C=C\CCCCCCC)OC(=O)CCCCCCCCC/C=C\CCCCCCCCC. The lowest BCUT2D eigenvalue weighted by atomic mass is 10.1. The van der Waals surface area contributed by atoms with E-state index in [2.05, 4.69) is 118 Å². The lowest BCUT2D eigenvalue weighted by Crippen LogP contribution is -2.30. The van der Waals surface area contributed by atoms with Crippen molar-refractivity contribution in [3.8, 4) is 0 Å². The molecule has 0 aromatic heterocycles. The lowest BCUT2D eigenvalue weighted by Gasteiger charge is -2.18. The Morgan fingerprint density at radius 2 is 0.549 bits per heavy atom. The quantitative estimate of drug-likeness (QED) is 0.0261. The number of hydrogen-bond donors (Lipinski definition) is 0. The van der Waals surface area contributed by atoms with Gasteiger partial charge in [0.15, 0.2) is 6.10 Å². The number of carbonyl (C=O) groups excluding carboxylic acids is 3. The molecule has 0 rings (SSSR count). The first-order valence-corrected chi connectivity index (χ1v) is 29.7. The van der Waals surface area contributed by atoms with Crippen LogP contribution in [0.4, 0.5) is 0 Å². The summed E-state index contributed by atoms with van der Waals surface area (Å²) in [4.78, 5) is 38.2. The second-order valence-corrected chi connectivity index (χ2v) is 19.5. The van der Waals surface area contributed by atoms with Crippen LogP contribution in [0.3, 0.4) is 0 Å². The fraction of sp³-hybridized carbons (Fsp3) is 0.708. The third kappa shape index (κ3) is 57.1. The van der Waals surface area contributed by atoms with Crippen molar-refractivity contribution in [3.63, 3.8) is 0 Å². The molecule has 6 heteroatoms. The molecule has 0 heterocycles. The molecule has 406 valence electrons. The van der Waals surface area contributed by atoms with Gasteiger partial charge in [-0.2, -0.15) is 0 Å². The standard InChI is InChI=1S/C65H110O6/c1-4-7-10-13-16-19-22-25-28-30-32-33-34-36-37-40-43-46-49-52-55-58-64(67)70-61-62(60-69-63(66)57-54-51-48-45-42-39-27-24-21-18-15-12-9-6-3)71-65(68)59-56-53-50-47-44-41-38-35-31-29-26-23-20-17-14-11-8-5-2/h7,10,16,19,24-25,27-29,31-33,36-37,43,46,62H,4-6,8-9,11-15,17-18,20-23,26,30,34-35,38-42,44-45,47-61H2,1-3H3/b10-7-,19-16-,27-24-,28-25-,31-29-,33-32-,37-36-,46-43-. The number of rotatable bonds is 53. The molecule has 71 heavy (non-hydrogen) atoms. The van der Waals surface area contributed by atoms with E-state index in [0.717, 1.165) is 103 Å². The Labute approximate surface area is 438 Å². The minimum atomic E-state index is -0.803. The van der Waals surface area contributed by atoms with Crippen LogP contribution < -0.4 is 0 Å². The van der Waals surface area contributed by atoms with Gasteiger partial charge in [-0.1, -0.05) is 234 Å². The molecule has 0 saturated carbocycles. The van der Waals surface area contributed by atoms with E-state index in [1.165, 1.54) is 135 Å². The van der Waals surface area contributed by atoms with Crippen molar-refractivity contribution in [2.24, 2.45) is 0 Å². The van der Waals surface area contributed by atoms with Crippen LogP contribution in [0.5, 0.6) is 0 Å². The molecule has 0 aliphatic rings. The monoisotopic (exact) mass is 987 g/mol. The molecule has 6 nitrogen and oxygen atoms in total. The van der Waals surface area contributed by atoms with Gasteiger partial charge in [0.05, 0.1) is 0 Å². The summed E-state index contributed by atoms with van der Waals surface area (Å²) in [5, 5.41) is 0. The van der Waals surface area contributed by atoms with Gasteiger partial charge in [-0.25, -0.2) is 0 Å². The van der Waals surface area contributed by atoms with Gasteiger partial charge in [-0.3, -0.25) is 14.4 Å². The molecule has 0 spiro atoms. The Bertz CT molecular complexity index is 1410. The number of hydrogen-bond acceptors (Lipinski definition) is 6. The van der Waals surface area contributed by atoms with Gasteiger partial charge in [-0.15, -0.1) is 0 Å². The van der Waals surface area contributed by atoms with Gasteiger partial charge in [0.25, 0.3) is 0 Å². The minimum Gasteiger partial charge on any atom is -0.462 e. The molecular formula is C65H110O6. The summed E-state index contributed by atoms with van der Waals surface area (Å²) >= 11 is 0. The van der Waals surface area contributed by atoms with Gasteiger partial charge in [0, 0.05) is 19.3 Å². The number of carbonyl (C=O) groups is 3. The van der Waals surface area contributed by atoms with E-state index in [0.29, 0.717) is 19.3 Å². The van der Waals surface area contributed by atoms with Gasteiger partial charge in [0.2, 0.25) is 0 Å². The molecule has 0 fully saturated rings. The van der Waals surface area contributed by atoms with E-state index in [-0.39, 0.29) is 31.1 Å². The summed E-state index contributed by atoms with van der Waals surface area (Å²) in [5.74, 6) is -0.950. The highest BCUT2D eigenvalue weighted by Crippen LogP contribution is 2.14. The van der Waals surface area contributed by atoms with Crippen LogP contribution in [-0.4, -0.2) is 37.2 Å². The summed E-state index contributed by atoms with van der Waals surface area (Å²) in [6, 6.07) is 0. The molecule has 0 radical (unpaired) electrons. The average molecular weight is 988 g/mol. The van der Waals surface area contributed by atoms with E-state index in [9.17, 15) is 14.4 Å². The van der Waals surface area contributed by atoms with Crippen LogP contribution in [0, 0.1) is 0 Å². The van der Waals surface area contributed by atoms with Crippen molar-refractivity contribution in [1.29, 1.82) is 0 Å². The van der Waals surface area contributed by atoms with Gasteiger partial charge in [-0.05, 0) is 122 Å². The molecule has 0 aliphatic heterocycles. The minimum absolute atomic E-state index is 0.0974. The average Bonchev–Trinajstić information content (AvgIpc) is 3.37. The highest BCUT2D eigenvalue weighted by molar-refractivity contribution is 5.71. The van der Waals surface area contributed by atoms with Crippen LogP contribution >= 0.6 is 0 Å². The Morgan fingerprint density at radius 1 is 0.296 bits per heavy atom. The van der Waals surface area contributed by atoms with E-state index >= 15 is 0 Å². The third-order valence-electron chi connectivity index (χ3n) is 12.5. The second-order valence-electron chi connectivity index (χ2n) is 19.5. The summed E-state index contributed by atoms with van der Waals surface area (Å²) in [5.41, 5.74) is 0. The number of allylic oxidation sites excluding steroid dienone is 16. The zero-order valence-corrected chi connectivity index (χ0v) is 46.5. The van der Waals surface area contributed by atoms with Gasteiger partial charge in [0.1, 0.15) is 13.2 Å². The van der Waals surface area contributed by atoms with E-state index in [1.807, 2.05) is 0 Å². The van der Waals surface area contributed by atoms with Crippen molar-refractivity contribution in [2.45, 2.75) is 284 Å². The molecule has 1 unspecified atom stereocenters. The Balaban J connectivity index is 4.47. The van der Waals surface area contributed by atoms with Crippen molar-refractivity contribution in [3.05, 3.63) is 97.2 Å². The van der Waals surface area contributed by atoms with E-state index < -0.39 is 6.10 Å². The molecule has 0 bridgehead atoms. The summed E-state index contributed by atoms with van der Waals surface area (Å²) in [6.45, 7) is 6.48. The smallest absolute Gasteiger partial charge is 0.306 e. The normalized spacial score (nSPS) is 12.8. The number of unbranched alkanes of at least 4 members (excludes halogenated alkanes) is 26. The van der Waals surface area contributed by atoms with Crippen LogP contribution in [0.15, 0.2) is 97.2 Å². The van der Waals surface area contributed by atoms with Gasteiger partial charge < -0.3 is 14.2 Å². The largest absolute Gasteiger partial charge is 0.462 e. The molecule has 0 aliphatic carbocycles. The van der Waals surface area contributed by atoms with E-state index in [1.54, 1.807) is 0 Å². The highest BCUT2D eigenvalue weighted by Gasteiger charge is 2.19. The summed E-state index contributed by atoms with van der Waals surface area (Å²) < 4.78 is 16.8. The summed E-state index contributed by atoms with van der Waals surface area (Å²) in [7, 11) is 0. The maximum absolute atomic E-state index is 12.9. The molecule has 0 amide bonds. The highest BCUT2D eigenvalue weighted by atomic mass is 16.6. The predicted molar refractivity (Wildman–Crippen MR) is 307 cm³/mol. The maximum atomic E-state index is 12.9. The number of esters is 3. The Kier molecular flexibility index (Phi) is 55.9. The Hall–Kier alpha value is -3.67. The lowest BCUT2D eigenvalue weighted by molar-refractivity contribution is -0.167. The topological polar surface area (TPSA) is 78.9 Å². The second kappa shape index (κ2) is 58.9. The fourth-order valence-corrected chi connectivity index (χ4v) is 8.08. The maximum Gasteiger partial charge on any atom is 0.306 e. The van der Waals surface area contributed by atoms with Crippen molar-refractivity contribution in [1.82, 2.24) is 0 Å². The zero-order chi connectivity index (χ0) is 51.4. The molecule has 0 aromatic rings. The van der Waals surface area contributed by atoms with Crippen LogP contribution in [0.2, 0.25) is 0 Å². The summed E-state index contributed by atoms with van der Waals surface area (Å²) in [6.07, 6.45) is 78.3. The van der Waals surface area contributed by atoms with Gasteiger partial charge >= 0.3 is 17.9 Å². The first kappa shape index (κ1) is 67.3. The first-order valence-electron chi connectivity index (χ1n) is 29.7. The molecule has 0 aromatic carbocycles. The molecule has 1 atom stereocenters. The zero-order valence-electron chi connectivity index (χ0n) is 46.5. The van der Waals surface area contributed by atoms with Crippen LogP contribution in [0.25, 0.3) is 0 Å². The van der Waals surface area contributed by atoms with Crippen LogP contribution in [0.1, 0.15) is 278 Å². The van der Waals surface area contributed by atoms with Crippen molar-refractivity contribution >= 4 is 17.9 Å². The third-order valence-corrected chi connectivity index (χ3v) is 12.5.